The molecule has 3 heterocycles. The van der Waals surface area contributed by atoms with E-state index >= 15 is 8.78 Å². The molecule has 1 aromatic heterocycles. The minimum absolute atomic E-state index is 0.00518. The van der Waals surface area contributed by atoms with E-state index in [0.29, 0.717) is 11.5 Å². The molecule has 2 N–H and O–H groups in total. The minimum atomic E-state index is -3.23. The molecule has 206 valence electrons. The number of alkyl halides is 2. The van der Waals surface area contributed by atoms with Crippen molar-refractivity contribution in [1.29, 1.82) is 0 Å². The van der Waals surface area contributed by atoms with Gasteiger partial charge in [-0.1, -0.05) is 5.16 Å². The Balaban J connectivity index is 1.36. The smallest absolute Gasteiger partial charge is 0.414 e. The first-order valence-electron chi connectivity index (χ1n) is 11.5. The predicted octanol–water partition coefficient (Wildman–Crippen LogP) is 1.93. The van der Waals surface area contributed by atoms with Gasteiger partial charge in [0.1, 0.15) is 23.2 Å². The number of ether oxygens (including phenoxy) is 1. The lowest BCUT2D eigenvalue weighted by Gasteiger charge is -2.24. The van der Waals surface area contributed by atoms with Crippen LogP contribution in [0.3, 0.4) is 0 Å². The van der Waals surface area contributed by atoms with E-state index in [1.165, 1.54) is 4.90 Å². The summed E-state index contributed by atoms with van der Waals surface area (Å²) in [7, 11) is 0. The second-order valence-corrected chi connectivity index (χ2v) is 8.43. The van der Waals surface area contributed by atoms with Crippen molar-refractivity contribution in [3.05, 3.63) is 41.3 Å². The molecule has 0 radical (unpaired) electrons. The lowest BCUT2D eigenvalue weighted by Crippen LogP contribution is -2.41. The Morgan fingerprint density at radius 3 is 2.53 bits per heavy atom. The van der Waals surface area contributed by atoms with Crippen molar-refractivity contribution in [3.63, 3.8) is 0 Å². The summed E-state index contributed by atoms with van der Waals surface area (Å²) < 4.78 is 64.7. The zero-order valence-electron chi connectivity index (χ0n) is 20.1. The first kappa shape index (κ1) is 27.0. The van der Waals surface area contributed by atoms with Gasteiger partial charge in [0.15, 0.2) is 11.6 Å². The first-order valence-corrected chi connectivity index (χ1v) is 11.5. The van der Waals surface area contributed by atoms with Crippen LogP contribution in [0.25, 0.3) is 0 Å². The van der Waals surface area contributed by atoms with Gasteiger partial charge in [-0.2, -0.15) is 8.78 Å². The number of nitrogens with zero attached hydrogens (tertiary/aromatic N) is 4. The third-order valence-corrected chi connectivity index (χ3v) is 5.71. The average molecular weight is 544 g/mol. The maximum Gasteiger partial charge on any atom is 0.414 e. The maximum absolute atomic E-state index is 15.1. The molecule has 1 unspecified atom stereocenters. The molecule has 4 rings (SSSR count). The van der Waals surface area contributed by atoms with Gasteiger partial charge in [-0.3, -0.25) is 14.5 Å². The third-order valence-electron chi connectivity index (χ3n) is 5.71. The number of hydrogen-bond acceptors (Lipinski definition) is 8. The van der Waals surface area contributed by atoms with Crippen LogP contribution in [0.5, 0.6) is 0 Å². The van der Waals surface area contributed by atoms with Crippen LogP contribution in [-0.2, 0) is 20.9 Å². The molecule has 0 spiro atoms. The standard InChI is InChI=1S/C22H24F4N6O6/c1-12-6-13(29-38-12)9-28-21(34)32-3-2-30(4-5-36-32)18-16(23)7-14(8-17(18)24)31-11-15(37-22(31)35)10-27-20(33)19(25)26/h6-8,15,19H,2-5,9-11H2,1H3,(H,27,33)(H,28,34). The van der Waals surface area contributed by atoms with Gasteiger partial charge in [0.2, 0.25) is 0 Å². The van der Waals surface area contributed by atoms with Crippen molar-refractivity contribution in [2.24, 2.45) is 0 Å². The highest BCUT2D eigenvalue weighted by Crippen LogP contribution is 2.31. The number of carbonyl (C=O) groups is 3. The van der Waals surface area contributed by atoms with Crippen LogP contribution in [0.4, 0.5) is 38.5 Å². The van der Waals surface area contributed by atoms with Crippen molar-refractivity contribution in [3.8, 4) is 0 Å². The molecule has 2 fully saturated rings. The Morgan fingerprint density at radius 2 is 1.87 bits per heavy atom. The van der Waals surface area contributed by atoms with Gasteiger partial charge in [-0.15, -0.1) is 0 Å². The SMILES string of the molecule is Cc1cc(CNC(=O)N2CCN(c3c(F)cc(N4CC(CNC(=O)C(F)F)OC4=O)cc3F)CCO2)no1. The summed E-state index contributed by atoms with van der Waals surface area (Å²) in [5.41, 5.74) is 0.000224. The lowest BCUT2D eigenvalue weighted by atomic mass is 10.2. The Kier molecular flexibility index (Phi) is 8.19. The van der Waals surface area contributed by atoms with Crippen molar-refractivity contribution in [2.75, 3.05) is 49.1 Å². The third kappa shape index (κ3) is 6.24. The molecule has 2 aliphatic heterocycles. The van der Waals surface area contributed by atoms with Crippen LogP contribution < -0.4 is 20.4 Å². The predicted molar refractivity (Wildman–Crippen MR) is 121 cm³/mol. The highest BCUT2D eigenvalue weighted by atomic mass is 19.3. The maximum atomic E-state index is 15.1. The number of cyclic esters (lactones) is 1. The quantitative estimate of drug-likeness (QED) is 0.506. The molecule has 4 amide bonds. The Morgan fingerprint density at radius 1 is 1.13 bits per heavy atom. The van der Waals surface area contributed by atoms with Gasteiger partial charge < -0.3 is 24.8 Å². The largest absolute Gasteiger partial charge is 0.442 e. The molecule has 0 bridgehead atoms. The number of aromatic nitrogens is 1. The van der Waals surface area contributed by atoms with Crippen molar-refractivity contribution < 1.29 is 46.0 Å². The number of amides is 4. The molecule has 1 aromatic carbocycles. The first-order chi connectivity index (χ1) is 18.1. The molecule has 0 saturated carbocycles. The number of rotatable bonds is 7. The van der Waals surface area contributed by atoms with Crippen LogP contribution >= 0.6 is 0 Å². The van der Waals surface area contributed by atoms with E-state index in [-0.39, 0.29) is 57.3 Å². The van der Waals surface area contributed by atoms with E-state index in [0.717, 1.165) is 22.1 Å². The number of urea groups is 1. The second-order valence-electron chi connectivity index (χ2n) is 8.43. The summed E-state index contributed by atoms with van der Waals surface area (Å²) in [4.78, 5) is 43.4. The number of aryl methyl sites for hydroxylation is 1. The van der Waals surface area contributed by atoms with Crippen molar-refractivity contribution >= 4 is 29.4 Å². The molecule has 38 heavy (non-hydrogen) atoms. The molecule has 12 nitrogen and oxygen atoms in total. The van der Waals surface area contributed by atoms with Gasteiger partial charge >= 0.3 is 18.5 Å². The molecule has 1 atom stereocenters. The molecule has 0 aliphatic carbocycles. The number of anilines is 2. The van der Waals surface area contributed by atoms with E-state index in [1.54, 1.807) is 13.0 Å². The molecule has 2 aliphatic rings. The van der Waals surface area contributed by atoms with Crippen molar-refractivity contribution in [2.45, 2.75) is 26.0 Å². The molecule has 2 saturated heterocycles. The lowest BCUT2D eigenvalue weighted by molar-refractivity contribution is -0.132. The fourth-order valence-corrected chi connectivity index (χ4v) is 3.93. The topological polar surface area (TPSA) is 129 Å². The van der Waals surface area contributed by atoms with E-state index in [2.05, 4.69) is 10.5 Å². The zero-order chi connectivity index (χ0) is 27.4. The second kappa shape index (κ2) is 11.5. The van der Waals surface area contributed by atoms with Gasteiger partial charge in [-0.05, 0) is 6.92 Å². The molecular weight excluding hydrogens is 520 g/mol. The monoisotopic (exact) mass is 544 g/mol. The normalized spacial score (nSPS) is 18.0. The van der Waals surface area contributed by atoms with E-state index in [1.807, 2.05) is 5.32 Å². The van der Waals surface area contributed by atoms with Gasteiger partial charge in [-0.25, -0.2) is 23.4 Å². The minimum Gasteiger partial charge on any atom is -0.442 e. The summed E-state index contributed by atoms with van der Waals surface area (Å²) in [6.45, 7) is 1.28. The van der Waals surface area contributed by atoms with Gasteiger partial charge in [0, 0.05) is 31.3 Å². The highest BCUT2D eigenvalue weighted by molar-refractivity contribution is 5.90. The number of nitrogens with one attached hydrogen (secondary N) is 2. The summed E-state index contributed by atoms with van der Waals surface area (Å²) in [6, 6.07) is 2.98. The van der Waals surface area contributed by atoms with Gasteiger partial charge in [0.05, 0.1) is 38.5 Å². The number of halogens is 4. The number of hydrogen-bond donors (Lipinski definition) is 2. The number of hydroxylamine groups is 2. The number of benzene rings is 1. The Bertz CT molecular complexity index is 1170. The Hall–Kier alpha value is -4.08. The molecule has 2 aromatic rings. The van der Waals surface area contributed by atoms with Crippen LogP contribution in [0.1, 0.15) is 11.5 Å². The summed E-state index contributed by atoms with van der Waals surface area (Å²) in [5.74, 6) is -2.88. The van der Waals surface area contributed by atoms with Gasteiger partial charge in [0.25, 0.3) is 5.91 Å². The summed E-state index contributed by atoms with van der Waals surface area (Å²) in [5, 5.41) is 9.36. The average Bonchev–Trinajstić information content (AvgIpc) is 3.37. The van der Waals surface area contributed by atoms with Crippen LogP contribution in [0.2, 0.25) is 0 Å². The van der Waals surface area contributed by atoms with E-state index in [4.69, 9.17) is 14.1 Å². The zero-order valence-corrected chi connectivity index (χ0v) is 20.1. The molecule has 16 heteroatoms. The number of carbonyl (C=O) groups excluding carboxylic acids is 3. The van der Waals surface area contributed by atoms with Crippen LogP contribution in [-0.4, -0.2) is 80.1 Å². The Labute approximate surface area is 213 Å². The van der Waals surface area contributed by atoms with E-state index in [9.17, 15) is 23.2 Å². The fourth-order valence-electron chi connectivity index (χ4n) is 3.93. The molecular formula is C22H24F4N6O6. The fraction of sp³-hybridized carbons (Fsp3) is 0.455. The van der Waals surface area contributed by atoms with Crippen LogP contribution in [0.15, 0.2) is 22.7 Å². The summed E-state index contributed by atoms with van der Waals surface area (Å²) in [6.07, 6.45) is -5.16. The highest BCUT2D eigenvalue weighted by Gasteiger charge is 2.34. The van der Waals surface area contributed by atoms with Crippen LogP contribution in [0, 0.1) is 18.6 Å². The summed E-state index contributed by atoms with van der Waals surface area (Å²) >= 11 is 0. The van der Waals surface area contributed by atoms with E-state index < -0.39 is 42.2 Å². The van der Waals surface area contributed by atoms with Crippen molar-refractivity contribution in [1.82, 2.24) is 20.9 Å².